The molecule has 0 saturated carbocycles. The van der Waals surface area contributed by atoms with Crippen molar-refractivity contribution in [1.29, 1.82) is 0 Å². The molecule has 2 fully saturated rings. The normalized spacial score (nSPS) is 23.3. The number of aliphatic hydroxyl groups excluding tert-OH is 1. The molecule has 0 aliphatic carbocycles. The number of para-hydroxylation sites is 1. The van der Waals surface area contributed by atoms with Crippen LogP contribution in [0, 0.1) is 17.8 Å². The number of ether oxygens (including phenoxy) is 8. The lowest BCUT2D eigenvalue weighted by Gasteiger charge is -2.42. The molecule has 3 aromatic carbocycles. The van der Waals surface area contributed by atoms with Crippen LogP contribution in [0.2, 0.25) is 5.02 Å². The second-order valence-corrected chi connectivity index (χ2v) is 23.8. The fraction of sp³-hybridized carbons (Fsp3) is 0.537. The Hall–Kier alpha value is -7.24. The molecular formula is C67H87ClN6O17. The molecule has 6 amide bonds. The number of allylic oxidation sites excluding steroid dienone is 3. The maximum atomic E-state index is 14.4. The SMILES string of the molecule is CO[C@@H]1/C=C/C=C(/C)Cc2cc(CO)c(Cl)c(c2)N(C)C(=O)C[C@H](OC(=O)[C@H](C)N(C)C(=O)CCCC(=O)N(C)CCOCCOCCOCCOCCC(=O)NCCC(=O)N2Cc3ccccc3C#Cc3ccccc32)[C@]2(C)O[C@H]2[C@H](C)[C@@H]2C[C@@]1(O)NC(=O)O2. The second-order valence-electron chi connectivity index (χ2n) is 23.4. The van der Waals surface area contributed by atoms with E-state index in [9.17, 15) is 43.8 Å². The van der Waals surface area contributed by atoms with E-state index in [0.717, 1.165) is 33.5 Å². The number of carbonyl (C=O) groups excluding carboxylic acids is 7. The van der Waals surface area contributed by atoms with Gasteiger partial charge >= 0.3 is 12.1 Å². The summed E-state index contributed by atoms with van der Waals surface area (Å²) in [4.78, 5) is 99.7. The van der Waals surface area contributed by atoms with Crippen LogP contribution in [0.5, 0.6) is 0 Å². The molecule has 2 saturated heterocycles. The Morgan fingerprint density at radius 1 is 0.879 bits per heavy atom. The van der Waals surface area contributed by atoms with Gasteiger partial charge in [-0.1, -0.05) is 90.6 Å². The highest BCUT2D eigenvalue weighted by Crippen LogP contribution is 2.49. The van der Waals surface area contributed by atoms with Crippen LogP contribution in [0.4, 0.5) is 16.2 Å². The lowest BCUT2D eigenvalue weighted by molar-refractivity contribution is -0.162. The Labute approximate surface area is 537 Å². The van der Waals surface area contributed by atoms with Gasteiger partial charge in [0, 0.05) is 90.5 Å². The molecule has 23 nitrogen and oxygen atoms in total. The Bertz CT molecular complexity index is 3190. The minimum atomic E-state index is -1.89. The van der Waals surface area contributed by atoms with Crippen LogP contribution in [0.25, 0.3) is 0 Å². The molecule has 4 aliphatic rings. The van der Waals surface area contributed by atoms with Crippen molar-refractivity contribution in [2.45, 2.75) is 134 Å². The summed E-state index contributed by atoms with van der Waals surface area (Å²) in [7, 11) is 6.02. The third kappa shape index (κ3) is 19.6. The van der Waals surface area contributed by atoms with E-state index in [4.69, 9.17) is 49.5 Å². The Balaban J connectivity index is 0.771. The minimum absolute atomic E-state index is 0.0498. The average Bonchev–Trinajstić information content (AvgIpc) is 1.67. The number of hydrogen-bond donors (Lipinski definition) is 4. The van der Waals surface area contributed by atoms with Crippen LogP contribution >= 0.6 is 11.6 Å². The maximum absolute atomic E-state index is 14.4. The summed E-state index contributed by atoms with van der Waals surface area (Å²) in [5.41, 5.74) is 2.45. The highest BCUT2D eigenvalue weighted by atomic mass is 35.5. The van der Waals surface area contributed by atoms with Gasteiger partial charge in [-0.15, -0.1) is 0 Å². The largest absolute Gasteiger partial charge is 0.457 e. The zero-order valence-electron chi connectivity index (χ0n) is 53.3. The number of nitrogens with zero attached hydrogens (tertiary/aromatic N) is 4. The van der Waals surface area contributed by atoms with Crippen molar-refractivity contribution in [1.82, 2.24) is 20.4 Å². The fourth-order valence-electron chi connectivity index (χ4n) is 11.0. The van der Waals surface area contributed by atoms with Crippen molar-refractivity contribution < 1.29 is 81.7 Å². The number of nitrogens with one attached hydrogen (secondary N) is 2. The molecule has 0 aromatic heterocycles. The maximum Gasteiger partial charge on any atom is 0.409 e. The van der Waals surface area contributed by atoms with E-state index in [1.165, 1.54) is 42.8 Å². The number of aliphatic hydroxyl groups is 2. The molecule has 7 rings (SSSR count). The third-order valence-electron chi connectivity index (χ3n) is 16.8. The number of alkyl carbamates (subject to hydrolysis) is 1. The van der Waals surface area contributed by atoms with Gasteiger partial charge in [-0.25, -0.2) is 9.59 Å². The van der Waals surface area contributed by atoms with Gasteiger partial charge in [0.25, 0.3) is 0 Å². The molecule has 4 heterocycles. The fourth-order valence-corrected chi connectivity index (χ4v) is 11.3. The number of amides is 6. The Morgan fingerprint density at radius 3 is 2.23 bits per heavy atom. The van der Waals surface area contributed by atoms with Gasteiger partial charge in [-0.2, -0.15) is 0 Å². The van der Waals surface area contributed by atoms with Gasteiger partial charge < -0.3 is 73.0 Å². The highest BCUT2D eigenvalue weighted by molar-refractivity contribution is 6.34. The summed E-state index contributed by atoms with van der Waals surface area (Å²) in [6.07, 6.45) is 0.731. The van der Waals surface area contributed by atoms with E-state index >= 15 is 0 Å². The molecule has 0 unspecified atom stereocenters. The predicted octanol–water partition coefficient (Wildman–Crippen LogP) is 5.54. The van der Waals surface area contributed by atoms with Gasteiger partial charge in [-0.3, -0.25) is 29.3 Å². The van der Waals surface area contributed by atoms with Crippen molar-refractivity contribution in [2.75, 3.05) is 104 Å². The molecule has 0 spiro atoms. The smallest absolute Gasteiger partial charge is 0.409 e. The third-order valence-corrected chi connectivity index (χ3v) is 17.2. The topological polar surface area (TPSA) is 274 Å². The van der Waals surface area contributed by atoms with Crippen molar-refractivity contribution in [3.8, 4) is 11.8 Å². The first-order valence-electron chi connectivity index (χ1n) is 30.8. The highest BCUT2D eigenvalue weighted by Gasteiger charge is 2.64. The lowest BCUT2D eigenvalue weighted by atomic mass is 9.83. The van der Waals surface area contributed by atoms with Crippen LogP contribution < -0.4 is 20.4 Å². The molecule has 4 bridgehead atoms. The molecule has 0 radical (unpaired) electrons. The molecule has 91 heavy (non-hydrogen) atoms. The number of methoxy groups -OCH3 is 1. The van der Waals surface area contributed by atoms with E-state index in [-0.39, 0.29) is 81.0 Å². The lowest BCUT2D eigenvalue weighted by Crippen LogP contribution is -2.63. The van der Waals surface area contributed by atoms with Crippen LogP contribution in [0.1, 0.15) is 100 Å². The van der Waals surface area contributed by atoms with Crippen molar-refractivity contribution >= 4 is 64.6 Å². The number of fused-ring (bicyclic) bond motifs is 7. The van der Waals surface area contributed by atoms with Crippen molar-refractivity contribution in [2.24, 2.45) is 5.92 Å². The van der Waals surface area contributed by atoms with E-state index in [0.29, 0.717) is 70.4 Å². The number of halogens is 1. The molecule has 4 N–H and O–H groups in total. The number of anilines is 2. The van der Waals surface area contributed by atoms with E-state index in [2.05, 4.69) is 22.5 Å². The monoisotopic (exact) mass is 1280 g/mol. The number of epoxide rings is 1. The van der Waals surface area contributed by atoms with Gasteiger partial charge in [-0.05, 0) is 74.6 Å². The van der Waals surface area contributed by atoms with Gasteiger partial charge in [0.2, 0.25) is 29.5 Å². The summed E-state index contributed by atoms with van der Waals surface area (Å²) >= 11 is 6.80. The first-order valence-corrected chi connectivity index (χ1v) is 31.2. The zero-order chi connectivity index (χ0) is 65.8. The molecule has 24 heteroatoms. The molecular weight excluding hydrogens is 1200 g/mol. The summed E-state index contributed by atoms with van der Waals surface area (Å²) in [5, 5.41) is 27.6. The van der Waals surface area contributed by atoms with Crippen LogP contribution in [-0.4, -0.2) is 198 Å². The van der Waals surface area contributed by atoms with Crippen LogP contribution in [0.3, 0.4) is 0 Å². The van der Waals surface area contributed by atoms with Crippen molar-refractivity contribution in [3.05, 3.63) is 117 Å². The number of carbonyl (C=O) groups is 7. The molecule has 3 aromatic rings. The summed E-state index contributed by atoms with van der Waals surface area (Å²) in [5.74, 6) is 3.50. The number of rotatable bonds is 27. The van der Waals surface area contributed by atoms with Gasteiger partial charge in [0.15, 0.2) is 5.72 Å². The summed E-state index contributed by atoms with van der Waals surface area (Å²) < 4.78 is 46.2. The Morgan fingerprint density at radius 2 is 1.53 bits per heavy atom. The van der Waals surface area contributed by atoms with Crippen LogP contribution in [0.15, 0.2) is 84.5 Å². The van der Waals surface area contributed by atoms with E-state index < -0.39 is 84.6 Å². The number of benzene rings is 3. The van der Waals surface area contributed by atoms with Crippen molar-refractivity contribution in [3.63, 3.8) is 0 Å². The first-order chi connectivity index (χ1) is 43.6. The number of likely N-dealkylation sites (N-methyl/N-ethyl adjacent to an activating group) is 2. The number of esters is 1. The van der Waals surface area contributed by atoms with Gasteiger partial charge in [0.05, 0.1) is 94.9 Å². The molecule has 8 atom stereocenters. The molecule has 4 aliphatic heterocycles. The summed E-state index contributed by atoms with van der Waals surface area (Å²) in [6, 6.07) is 17.7. The Kier molecular flexibility index (Phi) is 26.5. The quantitative estimate of drug-likeness (QED) is 0.0316. The standard InChI is InChI=1S/C67H87ClN6O17/c1-44-15-13-20-55(84-8)67(83)41-54(89-65(82)70-67)45(2)63-66(4,91-63)56(40-61(80)73(7)53-39-47(37-44)38-51(43-75)62(53)68)90-64(81)46(3)72(6)59(78)22-14-21-58(77)71(5)28-30-86-32-34-88-36-35-87-33-31-85-29-26-57(76)69-27-25-60(79)74-42-50-18-10-9-16-48(50)23-24-49-17-11-12-19-52(49)74/h9-13,15-20,38-39,45-46,54-56,63,75,83H,14,21-22,25-37,40-43H2,1-8H3,(H,69,76)(H,70,82)/b20-13+,44-15-/t45-,46+,54+,55-,56+,63+,66+,67+/m1/s1. The van der Waals surface area contributed by atoms with E-state index in [1.54, 1.807) is 50.1 Å². The molecule has 494 valence electrons. The van der Waals surface area contributed by atoms with Crippen LogP contribution in [-0.2, 0) is 86.2 Å². The second kappa shape index (κ2) is 33.9. The average molecular weight is 1280 g/mol. The summed E-state index contributed by atoms with van der Waals surface area (Å²) in [6.45, 7) is 9.61. The predicted molar refractivity (Wildman–Crippen MR) is 337 cm³/mol. The first kappa shape index (κ1) is 71.2. The minimum Gasteiger partial charge on any atom is -0.457 e. The van der Waals surface area contributed by atoms with Gasteiger partial charge in [0.1, 0.15) is 30.0 Å². The number of hydrogen-bond acceptors (Lipinski definition) is 17. The van der Waals surface area contributed by atoms with E-state index in [1.807, 2.05) is 61.5 Å². The zero-order valence-corrected chi connectivity index (χ0v) is 54.1.